The molecular formula is C22H16F2N2O2. The fraction of sp³-hybridized carbons (Fsp3) is 0.182. The van der Waals surface area contributed by atoms with Gasteiger partial charge in [0.2, 0.25) is 5.88 Å². The Bertz CT molecular complexity index is 1070. The van der Waals surface area contributed by atoms with Crippen LogP contribution in [0.15, 0.2) is 71.3 Å². The molecule has 6 heteroatoms. The van der Waals surface area contributed by atoms with Crippen molar-refractivity contribution in [2.45, 2.75) is 24.7 Å². The van der Waals surface area contributed by atoms with E-state index < -0.39 is 17.6 Å². The summed E-state index contributed by atoms with van der Waals surface area (Å²) in [6.45, 7) is 0. The SMILES string of the molecule is N#CC1=C(N)OC2=C(C(=O)C[C@H](c3ccccc3)C2)[C@H]1c1ccc(F)c(F)c1. The molecule has 0 amide bonds. The van der Waals surface area contributed by atoms with Crippen molar-refractivity contribution in [3.63, 3.8) is 0 Å². The van der Waals surface area contributed by atoms with Gasteiger partial charge in [0.15, 0.2) is 17.4 Å². The number of Topliss-reactive ketones (excluding diaryl/α,β-unsaturated/α-hetero) is 1. The van der Waals surface area contributed by atoms with Crippen molar-refractivity contribution >= 4 is 5.78 Å². The Hall–Kier alpha value is -3.46. The number of benzene rings is 2. The standard InChI is InChI=1S/C22H16F2N2O2/c23-16-7-6-13(8-17(16)24)20-15(11-25)22(26)28-19-10-14(9-18(27)21(19)20)12-4-2-1-3-5-12/h1-8,14,20H,9-10,26H2/t14-,20-/m0/s1. The van der Waals surface area contributed by atoms with E-state index in [0.717, 1.165) is 17.7 Å². The van der Waals surface area contributed by atoms with Crippen LogP contribution in [0.4, 0.5) is 8.78 Å². The molecule has 28 heavy (non-hydrogen) atoms. The Labute approximate surface area is 160 Å². The van der Waals surface area contributed by atoms with E-state index in [0.29, 0.717) is 23.3 Å². The average Bonchev–Trinajstić information content (AvgIpc) is 2.69. The summed E-state index contributed by atoms with van der Waals surface area (Å²) < 4.78 is 32.9. The third-order valence-electron chi connectivity index (χ3n) is 5.21. The highest BCUT2D eigenvalue weighted by Gasteiger charge is 2.41. The Morgan fingerprint density at radius 3 is 2.46 bits per heavy atom. The van der Waals surface area contributed by atoms with Crippen LogP contribution in [0.5, 0.6) is 0 Å². The van der Waals surface area contributed by atoms with E-state index in [2.05, 4.69) is 0 Å². The number of nitrogens with zero attached hydrogens (tertiary/aromatic N) is 1. The number of ether oxygens (including phenoxy) is 1. The lowest BCUT2D eigenvalue weighted by Gasteiger charge is -2.34. The van der Waals surface area contributed by atoms with E-state index >= 15 is 0 Å². The molecule has 0 bridgehead atoms. The van der Waals surface area contributed by atoms with Crippen LogP contribution in [0.25, 0.3) is 0 Å². The highest BCUT2D eigenvalue weighted by Crippen LogP contribution is 2.46. The summed E-state index contributed by atoms with van der Waals surface area (Å²) in [6.07, 6.45) is 0.676. The van der Waals surface area contributed by atoms with Crippen molar-refractivity contribution in [2.75, 3.05) is 0 Å². The number of carbonyl (C=O) groups excluding carboxylic acids is 1. The minimum absolute atomic E-state index is 0.0243. The van der Waals surface area contributed by atoms with Crippen LogP contribution in [0, 0.1) is 23.0 Å². The molecule has 2 aliphatic rings. The van der Waals surface area contributed by atoms with Crippen LogP contribution >= 0.6 is 0 Å². The number of halogens is 2. The van der Waals surface area contributed by atoms with Crippen molar-refractivity contribution in [2.24, 2.45) is 5.73 Å². The maximum absolute atomic E-state index is 13.8. The topological polar surface area (TPSA) is 76.1 Å². The summed E-state index contributed by atoms with van der Waals surface area (Å²) in [5.74, 6) is -2.91. The van der Waals surface area contributed by atoms with Gasteiger partial charge in [0, 0.05) is 18.4 Å². The first-order valence-electron chi connectivity index (χ1n) is 8.83. The summed E-state index contributed by atoms with van der Waals surface area (Å²) >= 11 is 0. The van der Waals surface area contributed by atoms with Crippen LogP contribution in [-0.2, 0) is 9.53 Å². The number of hydrogen-bond donors (Lipinski definition) is 1. The zero-order chi connectivity index (χ0) is 19.8. The molecule has 0 radical (unpaired) electrons. The van der Waals surface area contributed by atoms with Gasteiger partial charge in [0.1, 0.15) is 17.4 Å². The Kier molecular flexibility index (Phi) is 4.44. The minimum atomic E-state index is -1.05. The summed E-state index contributed by atoms with van der Waals surface area (Å²) in [5.41, 5.74) is 7.56. The number of ketones is 1. The molecule has 2 atom stereocenters. The predicted octanol–water partition coefficient (Wildman–Crippen LogP) is 4.17. The van der Waals surface area contributed by atoms with Gasteiger partial charge in [-0.25, -0.2) is 8.78 Å². The first-order valence-corrected chi connectivity index (χ1v) is 8.83. The van der Waals surface area contributed by atoms with Gasteiger partial charge in [-0.3, -0.25) is 4.79 Å². The molecule has 1 heterocycles. The van der Waals surface area contributed by atoms with Gasteiger partial charge in [-0.15, -0.1) is 0 Å². The van der Waals surface area contributed by atoms with E-state index in [1.807, 2.05) is 36.4 Å². The van der Waals surface area contributed by atoms with Crippen molar-refractivity contribution in [3.8, 4) is 6.07 Å². The Morgan fingerprint density at radius 1 is 1.04 bits per heavy atom. The van der Waals surface area contributed by atoms with Crippen molar-refractivity contribution in [3.05, 3.63) is 94.1 Å². The molecule has 0 spiro atoms. The number of rotatable bonds is 2. The Balaban J connectivity index is 1.81. The molecule has 1 aliphatic heterocycles. The second-order valence-electron chi connectivity index (χ2n) is 6.87. The fourth-order valence-corrected chi connectivity index (χ4v) is 3.89. The summed E-state index contributed by atoms with van der Waals surface area (Å²) in [5, 5.41) is 9.55. The lowest BCUT2D eigenvalue weighted by Crippen LogP contribution is -2.30. The van der Waals surface area contributed by atoms with Crippen LogP contribution in [0.2, 0.25) is 0 Å². The molecule has 140 valence electrons. The molecule has 4 nitrogen and oxygen atoms in total. The molecule has 2 N–H and O–H groups in total. The smallest absolute Gasteiger partial charge is 0.205 e. The molecule has 0 saturated heterocycles. The van der Waals surface area contributed by atoms with Gasteiger partial charge in [0.05, 0.1) is 5.92 Å². The van der Waals surface area contributed by atoms with E-state index in [1.165, 1.54) is 6.07 Å². The Morgan fingerprint density at radius 2 is 1.79 bits per heavy atom. The van der Waals surface area contributed by atoms with E-state index in [1.54, 1.807) is 0 Å². The number of nitriles is 1. The van der Waals surface area contributed by atoms with Gasteiger partial charge in [-0.05, 0) is 29.2 Å². The second kappa shape index (κ2) is 6.93. The third-order valence-corrected chi connectivity index (χ3v) is 5.21. The van der Waals surface area contributed by atoms with Gasteiger partial charge >= 0.3 is 0 Å². The second-order valence-corrected chi connectivity index (χ2v) is 6.87. The van der Waals surface area contributed by atoms with Crippen LogP contribution in [-0.4, -0.2) is 5.78 Å². The quantitative estimate of drug-likeness (QED) is 0.851. The molecule has 0 fully saturated rings. The maximum Gasteiger partial charge on any atom is 0.205 e. The highest BCUT2D eigenvalue weighted by atomic mass is 19.2. The van der Waals surface area contributed by atoms with E-state index in [9.17, 15) is 18.8 Å². The summed E-state index contributed by atoms with van der Waals surface area (Å²) in [4.78, 5) is 13.0. The van der Waals surface area contributed by atoms with Crippen LogP contribution in [0.3, 0.4) is 0 Å². The molecule has 1 aliphatic carbocycles. The number of hydrogen-bond acceptors (Lipinski definition) is 4. The molecule has 2 aromatic rings. The largest absolute Gasteiger partial charge is 0.444 e. The molecule has 0 saturated carbocycles. The van der Waals surface area contributed by atoms with Gasteiger partial charge in [-0.1, -0.05) is 36.4 Å². The summed E-state index contributed by atoms with van der Waals surface area (Å²) in [7, 11) is 0. The molecule has 4 rings (SSSR count). The molecular weight excluding hydrogens is 362 g/mol. The fourth-order valence-electron chi connectivity index (χ4n) is 3.89. The first kappa shape index (κ1) is 17.9. The van der Waals surface area contributed by atoms with Gasteiger partial charge < -0.3 is 10.5 Å². The van der Waals surface area contributed by atoms with Gasteiger partial charge in [-0.2, -0.15) is 5.26 Å². The normalized spacial score (nSPS) is 21.8. The number of carbonyl (C=O) groups is 1. The first-order chi connectivity index (χ1) is 13.5. The zero-order valence-corrected chi connectivity index (χ0v) is 14.8. The highest BCUT2D eigenvalue weighted by molar-refractivity contribution is 6.00. The maximum atomic E-state index is 13.8. The molecule has 0 aromatic heterocycles. The van der Waals surface area contributed by atoms with Crippen LogP contribution < -0.4 is 5.73 Å². The number of allylic oxidation sites excluding steroid dienone is 3. The van der Waals surface area contributed by atoms with E-state index in [-0.39, 0.29) is 29.6 Å². The lowest BCUT2D eigenvalue weighted by atomic mass is 9.73. The van der Waals surface area contributed by atoms with Crippen molar-refractivity contribution in [1.29, 1.82) is 5.26 Å². The predicted molar refractivity (Wildman–Crippen MR) is 97.5 cm³/mol. The average molecular weight is 378 g/mol. The third kappa shape index (κ3) is 2.95. The summed E-state index contributed by atoms with van der Waals surface area (Å²) in [6, 6.07) is 14.9. The van der Waals surface area contributed by atoms with Gasteiger partial charge in [0.25, 0.3) is 0 Å². The van der Waals surface area contributed by atoms with Crippen LogP contribution in [0.1, 0.15) is 35.8 Å². The van der Waals surface area contributed by atoms with Crippen molar-refractivity contribution in [1.82, 2.24) is 0 Å². The molecule has 0 unspecified atom stereocenters. The number of nitrogens with two attached hydrogens (primary N) is 1. The monoisotopic (exact) mass is 378 g/mol. The van der Waals surface area contributed by atoms with E-state index in [4.69, 9.17) is 10.5 Å². The lowest BCUT2D eigenvalue weighted by molar-refractivity contribution is -0.117. The van der Waals surface area contributed by atoms with Crippen molar-refractivity contribution < 1.29 is 18.3 Å². The minimum Gasteiger partial charge on any atom is -0.444 e. The molecule has 2 aromatic carbocycles. The zero-order valence-electron chi connectivity index (χ0n) is 14.8.